The summed E-state index contributed by atoms with van der Waals surface area (Å²) in [5, 5.41) is 3.25. The Kier molecular flexibility index (Phi) is 3.25. The molecule has 0 saturated heterocycles. The molecule has 8 heteroatoms. The molecular weight excluding hydrogens is 324 g/mol. The molecule has 1 aliphatic carbocycles. The number of carbonyl (C=O) groups is 1. The number of halogens is 5. The monoisotopic (exact) mass is 332 g/mol. The summed E-state index contributed by atoms with van der Waals surface area (Å²) in [4.78, 5) is 11.6. The molecule has 1 heterocycles. The molecule has 0 aromatic heterocycles. The van der Waals surface area contributed by atoms with Crippen LogP contribution < -0.4 is 10.6 Å². The van der Waals surface area contributed by atoms with E-state index in [1.165, 1.54) is 0 Å². The van der Waals surface area contributed by atoms with Crippen molar-refractivity contribution in [3.05, 3.63) is 28.5 Å². The van der Waals surface area contributed by atoms with Crippen LogP contribution in [0.15, 0.2) is 12.1 Å². The van der Waals surface area contributed by atoms with E-state index in [1.54, 1.807) is 5.32 Å². The highest BCUT2D eigenvalue weighted by Crippen LogP contribution is 2.47. The minimum atomic E-state index is -4.96. The first-order valence-corrected chi connectivity index (χ1v) is 6.79. The summed E-state index contributed by atoms with van der Waals surface area (Å²) in [6.45, 7) is 0. The molecular formula is C14H9ClF4N2O. The highest BCUT2D eigenvalue weighted by Gasteiger charge is 2.60. The third kappa shape index (κ3) is 2.28. The Balaban J connectivity index is 2.29. The number of rotatable bonds is 0. The molecule has 0 unspecified atom stereocenters. The average molecular weight is 333 g/mol. The van der Waals surface area contributed by atoms with Gasteiger partial charge in [-0.15, -0.1) is 0 Å². The van der Waals surface area contributed by atoms with Crippen LogP contribution in [0.5, 0.6) is 0 Å². The molecule has 2 aliphatic rings. The molecule has 3 rings (SSSR count). The number of nitrogens with one attached hydrogen (secondary N) is 2. The van der Waals surface area contributed by atoms with E-state index in [2.05, 4.69) is 17.2 Å². The number of urea groups is 1. The molecule has 1 atom stereocenters. The second kappa shape index (κ2) is 4.78. The first-order chi connectivity index (χ1) is 10.2. The number of benzene rings is 1. The van der Waals surface area contributed by atoms with Gasteiger partial charge in [0.15, 0.2) is 0 Å². The van der Waals surface area contributed by atoms with Crippen LogP contribution >= 0.6 is 11.6 Å². The molecule has 1 aliphatic heterocycles. The number of hydrogen-bond acceptors (Lipinski definition) is 1. The third-order valence-electron chi connectivity index (χ3n) is 3.49. The number of anilines is 1. The van der Waals surface area contributed by atoms with Crippen molar-refractivity contribution in [2.45, 2.75) is 24.6 Å². The second-order valence-corrected chi connectivity index (χ2v) is 5.53. The summed E-state index contributed by atoms with van der Waals surface area (Å²) >= 11 is 5.75. The normalized spacial score (nSPS) is 23.8. The zero-order valence-corrected chi connectivity index (χ0v) is 11.7. The number of amides is 2. The first-order valence-electron chi connectivity index (χ1n) is 6.41. The van der Waals surface area contributed by atoms with Gasteiger partial charge in [0.25, 0.3) is 0 Å². The lowest BCUT2D eigenvalue weighted by atomic mass is 9.86. The molecule has 0 spiro atoms. The van der Waals surface area contributed by atoms with Gasteiger partial charge in [0, 0.05) is 11.5 Å². The van der Waals surface area contributed by atoms with Crippen molar-refractivity contribution in [3.63, 3.8) is 0 Å². The summed E-state index contributed by atoms with van der Waals surface area (Å²) in [5.41, 5.74) is -3.85. The third-order valence-corrected chi connectivity index (χ3v) is 3.85. The van der Waals surface area contributed by atoms with Crippen LogP contribution in [0.4, 0.5) is 28.0 Å². The number of carbonyl (C=O) groups excluding carboxylic acids is 1. The predicted molar refractivity (Wildman–Crippen MR) is 71.8 cm³/mol. The molecule has 22 heavy (non-hydrogen) atoms. The molecule has 2 amide bonds. The second-order valence-electron chi connectivity index (χ2n) is 5.15. The fourth-order valence-corrected chi connectivity index (χ4v) is 2.53. The van der Waals surface area contributed by atoms with E-state index in [-0.39, 0.29) is 11.6 Å². The van der Waals surface area contributed by atoms with E-state index in [0.29, 0.717) is 12.8 Å². The van der Waals surface area contributed by atoms with Gasteiger partial charge >= 0.3 is 12.2 Å². The summed E-state index contributed by atoms with van der Waals surface area (Å²) < 4.78 is 54.8. The van der Waals surface area contributed by atoms with E-state index in [9.17, 15) is 22.4 Å². The molecule has 1 fully saturated rings. The topological polar surface area (TPSA) is 41.1 Å². The maximum atomic E-state index is 13.7. The van der Waals surface area contributed by atoms with E-state index in [0.717, 1.165) is 12.1 Å². The zero-order chi connectivity index (χ0) is 16.1. The number of hydrogen-bond donors (Lipinski definition) is 2. The minimum absolute atomic E-state index is 0.137. The van der Waals surface area contributed by atoms with Crippen molar-refractivity contribution in [2.24, 2.45) is 5.92 Å². The van der Waals surface area contributed by atoms with Gasteiger partial charge in [-0.2, -0.15) is 13.2 Å². The van der Waals surface area contributed by atoms with Gasteiger partial charge < -0.3 is 10.6 Å². The largest absolute Gasteiger partial charge is 0.427 e. The summed E-state index contributed by atoms with van der Waals surface area (Å²) in [6, 6.07) is 0.856. The van der Waals surface area contributed by atoms with Crippen molar-refractivity contribution >= 4 is 23.3 Å². The lowest BCUT2D eigenvalue weighted by Crippen LogP contribution is -2.59. The maximum absolute atomic E-state index is 13.7. The predicted octanol–water partition coefficient (Wildman–Crippen LogP) is 3.79. The van der Waals surface area contributed by atoms with Gasteiger partial charge in [0.1, 0.15) is 5.82 Å². The Morgan fingerprint density at radius 2 is 2.00 bits per heavy atom. The molecule has 1 aromatic rings. The van der Waals surface area contributed by atoms with Crippen LogP contribution in [0, 0.1) is 23.6 Å². The van der Waals surface area contributed by atoms with E-state index < -0.39 is 34.1 Å². The van der Waals surface area contributed by atoms with Gasteiger partial charge in [-0.1, -0.05) is 23.4 Å². The van der Waals surface area contributed by atoms with Gasteiger partial charge in [-0.05, 0) is 25.0 Å². The molecule has 1 saturated carbocycles. The molecule has 0 bridgehead atoms. The number of alkyl halides is 3. The zero-order valence-electron chi connectivity index (χ0n) is 10.9. The molecule has 1 aromatic carbocycles. The summed E-state index contributed by atoms with van der Waals surface area (Å²) in [7, 11) is 0. The Morgan fingerprint density at radius 1 is 1.32 bits per heavy atom. The van der Waals surface area contributed by atoms with Gasteiger partial charge in [0.05, 0.1) is 10.7 Å². The maximum Gasteiger partial charge on any atom is 0.427 e. The standard InChI is InChI=1S/C14H9ClF4N2O/c15-11-8(16)3-4-9-10(11)13(14(17,18)19,21-12(22)20-9)6-5-7-1-2-7/h3-4,7H,1-2H2,(H2,20,21,22)/t13-/m0/s1. The van der Waals surface area contributed by atoms with E-state index >= 15 is 0 Å². The number of fused-ring (bicyclic) bond motifs is 1. The van der Waals surface area contributed by atoms with Crippen molar-refractivity contribution in [2.75, 3.05) is 5.32 Å². The van der Waals surface area contributed by atoms with Crippen molar-refractivity contribution < 1.29 is 22.4 Å². The van der Waals surface area contributed by atoms with Crippen LogP contribution in [-0.4, -0.2) is 12.2 Å². The van der Waals surface area contributed by atoms with Crippen LogP contribution in [0.25, 0.3) is 0 Å². The minimum Gasteiger partial charge on any atom is -0.310 e. The van der Waals surface area contributed by atoms with Crippen molar-refractivity contribution in [1.82, 2.24) is 5.32 Å². The lowest BCUT2D eigenvalue weighted by Gasteiger charge is -2.37. The van der Waals surface area contributed by atoms with Gasteiger partial charge in [-0.25, -0.2) is 9.18 Å². The van der Waals surface area contributed by atoms with Gasteiger partial charge in [-0.3, -0.25) is 0 Å². The highest BCUT2D eigenvalue weighted by molar-refractivity contribution is 6.32. The molecule has 3 nitrogen and oxygen atoms in total. The van der Waals surface area contributed by atoms with Crippen LogP contribution in [0.2, 0.25) is 5.02 Å². The Hall–Kier alpha value is -1.94. The first kappa shape index (κ1) is 15.0. The Labute approximate surface area is 128 Å². The van der Waals surface area contributed by atoms with Crippen molar-refractivity contribution in [1.29, 1.82) is 0 Å². The molecule has 116 valence electrons. The Morgan fingerprint density at radius 3 is 2.59 bits per heavy atom. The summed E-state index contributed by atoms with van der Waals surface area (Å²) in [6.07, 6.45) is -3.55. The van der Waals surface area contributed by atoms with Crippen LogP contribution in [-0.2, 0) is 5.54 Å². The van der Waals surface area contributed by atoms with Gasteiger partial charge in [0.2, 0.25) is 5.54 Å². The highest BCUT2D eigenvalue weighted by atomic mass is 35.5. The van der Waals surface area contributed by atoms with E-state index in [4.69, 9.17) is 11.6 Å². The molecule has 0 radical (unpaired) electrons. The van der Waals surface area contributed by atoms with Crippen molar-refractivity contribution in [3.8, 4) is 11.8 Å². The molecule has 2 N–H and O–H groups in total. The van der Waals surface area contributed by atoms with Crippen LogP contribution in [0.3, 0.4) is 0 Å². The fraction of sp³-hybridized carbons (Fsp3) is 0.357. The van der Waals surface area contributed by atoms with Crippen LogP contribution in [0.1, 0.15) is 18.4 Å². The average Bonchev–Trinajstić information content (AvgIpc) is 3.23. The smallest absolute Gasteiger partial charge is 0.310 e. The Bertz CT molecular complexity index is 718. The quantitative estimate of drug-likeness (QED) is 0.551. The lowest BCUT2D eigenvalue weighted by molar-refractivity contribution is -0.178. The fourth-order valence-electron chi connectivity index (χ4n) is 2.22. The SMILES string of the molecule is O=C1Nc2ccc(F)c(Cl)c2[C@@](C#CC2CC2)(C(F)(F)F)N1. The summed E-state index contributed by atoms with van der Waals surface area (Å²) in [5.74, 6) is 3.43. The van der Waals surface area contributed by atoms with E-state index in [1.807, 2.05) is 0 Å².